The fourth-order valence-corrected chi connectivity index (χ4v) is 4.48. The van der Waals surface area contributed by atoms with Crippen LogP contribution in [-0.2, 0) is 4.79 Å². The van der Waals surface area contributed by atoms with E-state index in [1.165, 1.54) is 4.90 Å². The van der Waals surface area contributed by atoms with Gasteiger partial charge in [-0.3, -0.25) is 14.5 Å². The molecule has 32 heavy (non-hydrogen) atoms. The first-order valence-electron chi connectivity index (χ1n) is 9.76. The first-order valence-corrected chi connectivity index (χ1v) is 11.3. The van der Waals surface area contributed by atoms with Crippen molar-refractivity contribution in [3.05, 3.63) is 80.7 Å². The van der Waals surface area contributed by atoms with Crippen molar-refractivity contribution in [2.45, 2.75) is 19.8 Å². The van der Waals surface area contributed by atoms with E-state index in [9.17, 15) is 19.8 Å². The van der Waals surface area contributed by atoms with Crippen LogP contribution in [0.3, 0.4) is 0 Å². The molecule has 0 aromatic heterocycles. The SMILES string of the molecule is CC(C)c1cc(Oc2c(Br)cc(C(=O)N(CC(=O)O)c3ccccc3)cc2Br)ccc1O. The molecule has 3 aromatic carbocycles. The monoisotopic (exact) mass is 561 g/mol. The van der Waals surface area contributed by atoms with Crippen molar-refractivity contribution in [2.24, 2.45) is 0 Å². The van der Waals surface area contributed by atoms with E-state index < -0.39 is 18.4 Å². The number of halogens is 2. The number of aromatic hydroxyl groups is 1. The lowest BCUT2D eigenvalue weighted by atomic mass is 10.0. The molecule has 0 atom stereocenters. The highest BCUT2D eigenvalue weighted by Gasteiger charge is 2.23. The second-order valence-electron chi connectivity index (χ2n) is 7.37. The van der Waals surface area contributed by atoms with Gasteiger partial charge in [0.05, 0.1) is 8.95 Å². The van der Waals surface area contributed by atoms with Crippen LogP contribution in [0.4, 0.5) is 5.69 Å². The number of benzene rings is 3. The third-order valence-electron chi connectivity index (χ3n) is 4.69. The van der Waals surface area contributed by atoms with Gasteiger partial charge in [0.2, 0.25) is 0 Å². The number of amides is 1. The fourth-order valence-electron chi connectivity index (χ4n) is 3.14. The lowest BCUT2D eigenvalue weighted by molar-refractivity contribution is -0.135. The Hall–Kier alpha value is -2.84. The molecule has 0 unspecified atom stereocenters. The molecule has 3 rings (SSSR count). The van der Waals surface area contributed by atoms with Crippen molar-refractivity contribution in [2.75, 3.05) is 11.4 Å². The number of para-hydroxylation sites is 1. The summed E-state index contributed by atoms with van der Waals surface area (Å²) in [5, 5.41) is 19.3. The molecule has 1 amide bonds. The number of carboxylic acid groups (broad SMARTS) is 1. The highest BCUT2D eigenvalue weighted by molar-refractivity contribution is 9.11. The molecule has 8 heteroatoms. The Kier molecular flexibility index (Phi) is 7.58. The highest BCUT2D eigenvalue weighted by Crippen LogP contribution is 2.40. The van der Waals surface area contributed by atoms with E-state index in [-0.39, 0.29) is 17.2 Å². The normalized spacial score (nSPS) is 10.8. The number of phenols is 1. The number of hydrogen-bond donors (Lipinski definition) is 2. The molecule has 2 N–H and O–H groups in total. The lowest BCUT2D eigenvalue weighted by Gasteiger charge is -2.22. The van der Waals surface area contributed by atoms with E-state index in [0.717, 1.165) is 5.56 Å². The van der Waals surface area contributed by atoms with Gasteiger partial charge in [-0.15, -0.1) is 0 Å². The second-order valence-corrected chi connectivity index (χ2v) is 9.08. The Balaban J connectivity index is 1.93. The van der Waals surface area contributed by atoms with Gasteiger partial charge in [0.15, 0.2) is 5.75 Å². The molecule has 0 saturated carbocycles. The summed E-state index contributed by atoms with van der Waals surface area (Å²) in [5.74, 6) is -0.281. The minimum atomic E-state index is -1.12. The van der Waals surface area contributed by atoms with Crippen molar-refractivity contribution < 1.29 is 24.5 Å². The zero-order valence-electron chi connectivity index (χ0n) is 17.4. The van der Waals surface area contributed by atoms with Gasteiger partial charge in [-0.1, -0.05) is 32.0 Å². The number of aliphatic carboxylic acids is 1. The largest absolute Gasteiger partial charge is 0.508 e. The van der Waals surface area contributed by atoms with E-state index in [4.69, 9.17) is 4.74 Å². The van der Waals surface area contributed by atoms with Crippen LogP contribution >= 0.6 is 31.9 Å². The lowest BCUT2D eigenvalue weighted by Crippen LogP contribution is -2.35. The third-order valence-corrected chi connectivity index (χ3v) is 5.87. The Morgan fingerprint density at radius 3 is 2.19 bits per heavy atom. The van der Waals surface area contributed by atoms with Crippen LogP contribution in [0.2, 0.25) is 0 Å². The molecular formula is C24H21Br2NO5. The fraction of sp³-hybridized carbons (Fsp3) is 0.167. The number of phenolic OH excluding ortho intramolecular Hbond substituents is 1. The van der Waals surface area contributed by atoms with Crippen molar-refractivity contribution in [1.29, 1.82) is 0 Å². The molecule has 0 aliphatic carbocycles. The number of ether oxygens (including phenoxy) is 1. The number of carboxylic acids is 1. The van der Waals surface area contributed by atoms with Gasteiger partial charge < -0.3 is 14.9 Å². The maximum atomic E-state index is 13.2. The summed E-state index contributed by atoms with van der Waals surface area (Å²) in [6.45, 7) is 3.48. The van der Waals surface area contributed by atoms with E-state index in [1.807, 2.05) is 13.8 Å². The van der Waals surface area contributed by atoms with Crippen LogP contribution in [0.1, 0.15) is 35.7 Å². The number of carbonyl (C=O) groups is 2. The summed E-state index contributed by atoms with van der Waals surface area (Å²) in [6, 6.07) is 16.8. The molecule has 0 aliphatic rings. The third kappa shape index (κ3) is 5.49. The first kappa shape index (κ1) is 23.8. The van der Waals surface area contributed by atoms with Crippen molar-refractivity contribution in [3.63, 3.8) is 0 Å². The zero-order valence-corrected chi connectivity index (χ0v) is 20.6. The summed E-state index contributed by atoms with van der Waals surface area (Å²) in [5.41, 5.74) is 1.53. The minimum absolute atomic E-state index is 0.114. The molecule has 0 saturated heterocycles. The van der Waals surface area contributed by atoms with E-state index in [1.54, 1.807) is 60.7 Å². The quantitative estimate of drug-likeness (QED) is 0.340. The molecule has 166 valence electrons. The number of hydrogen-bond acceptors (Lipinski definition) is 4. The smallest absolute Gasteiger partial charge is 0.323 e. The molecule has 0 heterocycles. The van der Waals surface area contributed by atoms with Crippen LogP contribution in [-0.4, -0.2) is 28.6 Å². The summed E-state index contributed by atoms with van der Waals surface area (Å²) in [7, 11) is 0. The van der Waals surface area contributed by atoms with E-state index in [2.05, 4.69) is 31.9 Å². The molecule has 0 aliphatic heterocycles. The Morgan fingerprint density at radius 2 is 1.62 bits per heavy atom. The summed E-state index contributed by atoms with van der Waals surface area (Å²) in [6.07, 6.45) is 0. The maximum Gasteiger partial charge on any atom is 0.323 e. The molecule has 0 fully saturated rings. The Morgan fingerprint density at radius 1 is 1.00 bits per heavy atom. The molecule has 0 spiro atoms. The number of carbonyl (C=O) groups excluding carboxylic acids is 1. The summed E-state index contributed by atoms with van der Waals surface area (Å²) in [4.78, 5) is 25.7. The van der Waals surface area contributed by atoms with Gasteiger partial charge in [0.25, 0.3) is 5.91 Å². The summed E-state index contributed by atoms with van der Waals surface area (Å²) >= 11 is 6.90. The van der Waals surface area contributed by atoms with Gasteiger partial charge in [-0.05, 0) is 80.2 Å². The molecule has 3 aromatic rings. The van der Waals surface area contributed by atoms with Crippen molar-refractivity contribution >= 4 is 49.4 Å². The summed E-state index contributed by atoms with van der Waals surface area (Å²) < 4.78 is 7.03. The van der Waals surface area contributed by atoms with Crippen LogP contribution < -0.4 is 9.64 Å². The number of rotatable bonds is 7. The Bertz CT molecular complexity index is 1130. The predicted octanol–water partition coefficient (Wildman–Crippen LogP) is 6.56. The molecule has 0 bridgehead atoms. The average molecular weight is 563 g/mol. The van der Waals surface area contributed by atoms with Crippen LogP contribution in [0.5, 0.6) is 17.2 Å². The average Bonchev–Trinajstić information content (AvgIpc) is 2.75. The van der Waals surface area contributed by atoms with Gasteiger partial charge in [0, 0.05) is 16.8 Å². The highest BCUT2D eigenvalue weighted by atomic mass is 79.9. The van der Waals surface area contributed by atoms with E-state index in [0.29, 0.717) is 26.1 Å². The second kappa shape index (κ2) is 10.2. The first-order chi connectivity index (χ1) is 15.2. The van der Waals surface area contributed by atoms with Gasteiger partial charge in [-0.25, -0.2) is 0 Å². The van der Waals surface area contributed by atoms with Crippen LogP contribution in [0.25, 0.3) is 0 Å². The molecule has 6 nitrogen and oxygen atoms in total. The van der Waals surface area contributed by atoms with Crippen LogP contribution in [0, 0.1) is 0 Å². The van der Waals surface area contributed by atoms with Gasteiger partial charge >= 0.3 is 5.97 Å². The van der Waals surface area contributed by atoms with E-state index >= 15 is 0 Å². The topological polar surface area (TPSA) is 87.1 Å². The molecular weight excluding hydrogens is 542 g/mol. The number of nitrogens with zero attached hydrogens (tertiary/aromatic N) is 1. The zero-order chi connectivity index (χ0) is 23.4. The van der Waals surface area contributed by atoms with Gasteiger partial charge in [-0.2, -0.15) is 0 Å². The maximum absolute atomic E-state index is 13.2. The minimum Gasteiger partial charge on any atom is -0.508 e. The standard InChI is InChI=1S/C24H21Br2NO5/c1-14(2)18-12-17(8-9-21(18)28)32-23-19(25)10-15(11-20(23)26)24(31)27(13-22(29)30)16-6-4-3-5-7-16/h3-12,14,28H,13H2,1-2H3,(H,29,30). The van der Waals surface area contributed by atoms with Crippen LogP contribution in [0.15, 0.2) is 69.6 Å². The number of anilines is 1. The molecule has 0 radical (unpaired) electrons. The van der Waals surface area contributed by atoms with Crippen molar-refractivity contribution in [3.8, 4) is 17.2 Å². The Labute approximate surface area is 202 Å². The van der Waals surface area contributed by atoms with Gasteiger partial charge in [0.1, 0.15) is 18.0 Å². The van der Waals surface area contributed by atoms with Crippen molar-refractivity contribution in [1.82, 2.24) is 0 Å². The predicted molar refractivity (Wildman–Crippen MR) is 130 cm³/mol.